The maximum absolute atomic E-state index is 11.4. The van der Waals surface area contributed by atoms with Crippen molar-refractivity contribution in [1.29, 1.82) is 0 Å². The Morgan fingerprint density at radius 2 is 2.21 bits per heavy atom. The highest BCUT2D eigenvalue weighted by molar-refractivity contribution is 6.01. The van der Waals surface area contributed by atoms with Crippen LogP contribution in [0.3, 0.4) is 0 Å². The second kappa shape index (κ2) is 4.09. The van der Waals surface area contributed by atoms with E-state index < -0.39 is 12.1 Å². The lowest BCUT2D eigenvalue weighted by atomic mass is 10.2. The van der Waals surface area contributed by atoms with E-state index in [4.69, 9.17) is 9.47 Å². The fraction of sp³-hybridized carbons (Fsp3) is 0.400. The number of allylic oxidation sites excluding steroid dienone is 2. The summed E-state index contributed by atoms with van der Waals surface area (Å²) in [4.78, 5) is 22.4. The van der Waals surface area contributed by atoms with Crippen molar-refractivity contribution in [3.05, 3.63) is 23.7 Å². The third-order valence-electron chi connectivity index (χ3n) is 1.77. The number of hydrogen-bond acceptors (Lipinski definition) is 4. The average molecular weight is 196 g/mol. The lowest BCUT2D eigenvalue weighted by molar-refractivity contribution is -0.137. The molecule has 0 saturated heterocycles. The number of hydrogen-bond donors (Lipinski definition) is 0. The fourth-order valence-corrected chi connectivity index (χ4v) is 1.12. The molecule has 4 heteroatoms. The number of carbonyl (C=O) groups is 2. The van der Waals surface area contributed by atoms with Crippen LogP contribution in [0.15, 0.2) is 23.7 Å². The Kier molecular flexibility index (Phi) is 3.06. The molecule has 4 nitrogen and oxygen atoms in total. The molecular weight excluding hydrogens is 184 g/mol. The van der Waals surface area contributed by atoms with E-state index in [1.807, 2.05) is 0 Å². The van der Waals surface area contributed by atoms with Gasteiger partial charge in [-0.15, -0.1) is 0 Å². The Morgan fingerprint density at radius 1 is 1.57 bits per heavy atom. The van der Waals surface area contributed by atoms with Gasteiger partial charge in [0.05, 0.1) is 0 Å². The highest BCUT2D eigenvalue weighted by atomic mass is 16.6. The van der Waals surface area contributed by atoms with Crippen molar-refractivity contribution in [2.24, 2.45) is 0 Å². The Labute approximate surface area is 82.2 Å². The minimum absolute atomic E-state index is 0.0144. The maximum atomic E-state index is 11.4. The van der Waals surface area contributed by atoms with Gasteiger partial charge in [-0.2, -0.15) is 0 Å². The van der Waals surface area contributed by atoms with Gasteiger partial charge in [-0.1, -0.05) is 6.08 Å². The minimum Gasteiger partial charge on any atom is -0.483 e. The molecule has 0 N–H and O–H groups in total. The number of ketones is 1. The molecule has 76 valence electrons. The molecule has 0 aromatic carbocycles. The van der Waals surface area contributed by atoms with Gasteiger partial charge in [0.2, 0.25) is 11.5 Å². The molecule has 0 fully saturated rings. The van der Waals surface area contributed by atoms with Crippen molar-refractivity contribution < 1.29 is 19.1 Å². The van der Waals surface area contributed by atoms with Gasteiger partial charge in [0.1, 0.15) is 5.76 Å². The van der Waals surface area contributed by atoms with E-state index in [-0.39, 0.29) is 11.5 Å². The topological polar surface area (TPSA) is 52.6 Å². The van der Waals surface area contributed by atoms with Crippen LogP contribution in [-0.4, -0.2) is 17.9 Å². The molecular formula is C10H12O4. The summed E-state index contributed by atoms with van der Waals surface area (Å²) in [6.07, 6.45) is 2.24. The molecule has 0 bridgehead atoms. The van der Waals surface area contributed by atoms with Crippen molar-refractivity contribution in [1.82, 2.24) is 0 Å². The van der Waals surface area contributed by atoms with Gasteiger partial charge < -0.3 is 9.47 Å². The number of ether oxygens (including phenoxy) is 2. The molecule has 0 amide bonds. The summed E-state index contributed by atoms with van der Waals surface area (Å²) in [5.74, 6) is -0.478. The molecule has 1 atom stereocenters. The minimum atomic E-state index is -0.562. The zero-order valence-electron chi connectivity index (χ0n) is 8.37. The first-order valence-electron chi connectivity index (χ1n) is 4.32. The monoisotopic (exact) mass is 196 g/mol. The molecule has 1 rings (SSSR count). The largest absolute Gasteiger partial charge is 0.483 e. The standard InChI is InChI=1S/C10H12O4/c1-4-5-8(11)14-10-7(3)13-6(2)9(10)12/h4-6H,1-3H3/b5-4+. The Balaban J connectivity index is 2.74. The van der Waals surface area contributed by atoms with Crippen LogP contribution in [0.1, 0.15) is 20.8 Å². The quantitative estimate of drug-likeness (QED) is 0.493. The molecule has 1 aliphatic rings. The number of carbonyl (C=O) groups excluding carboxylic acids is 2. The van der Waals surface area contributed by atoms with E-state index in [2.05, 4.69) is 0 Å². The third kappa shape index (κ3) is 2.02. The number of esters is 1. The molecule has 1 unspecified atom stereocenters. The van der Waals surface area contributed by atoms with Gasteiger partial charge in [0.15, 0.2) is 6.10 Å². The fourth-order valence-electron chi connectivity index (χ4n) is 1.12. The van der Waals surface area contributed by atoms with Crippen LogP contribution < -0.4 is 0 Å². The Hall–Kier alpha value is -1.58. The molecule has 0 spiro atoms. The summed E-state index contributed by atoms with van der Waals surface area (Å²) in [5, 5.41) is 0. The van der Waals surface area contributed by atoms with E-state index in [1.165, 1.54) is 6.08 Å². The van der Waals surface area contributed by atoms with Gasteiger partial charge in [0, 0.05) is 6.08 Å². The van der Waals surface area contributed by atoms with Crippen LogP contribution in [0, 0.1) is 0 Å². The highest BCUT2D eigenvalue weighted by Crippen LogP contribution is 2.22. The van der Waals surface area contributed by atoms with Crippen LogP contribution >= 0.6 is 0 Å². The van der Waals surface area contributed by atoms with E-state index in [9.17, 15) is 9.59 Å². The molecule has 1 aliphatic heterocycles. The van der Waals surface area contributed by atoms with Crippen molar-refractivity contribution >= 4 is 11.8 Å². The first kappa shape index (κ1) is 10.5. The molecule has 0 aromatic rings. The first-order valence-corrected chi connectivity index (χ1v) is 4.32. The SMILES string of the molecule is C/C=C/C(=O)OC1=C(C)OC(C)C1=O. The Morgan fingerprint density at radius 3 is 2.64 bits per heavy atom. The Bertz CT molecular complexity index is 325. The molecule has 14 heavy (non-hydrogen) atoms. The van der Waals surface area contributed by atoms with Gasteiger partial charge in [-0.05, 0) is 20.8 Å². The smallest absolute Gasteiger partial charge is 0.336 e. The van der Waals surface area contributed by atoms with Gasteiger partial charge in [-0.3, -0.25) is 4.79 Å². The van der Waals surface area contributed by atoms with E-state index in [0.717, 1.165) is 0 Å². The average Bonchev–Trinajstić information content (AvgIpc) is 2.33. The van der Waals surface area contributed by atoms with E-state index >= 15 is 0 Å². The molecule has 0 saturated carbocycles. The van der Waals surface area contributed by atoms with Crippen LogP contribution in [0.2, 0.25) is 0 Å². The van der Waals surface area contributed by atoms with Gasteiger partial charge in [0.25, 0.3) is 0 Å². The lowest BCUT2D eigenvalue weighted by Gasteiger charge is -1.99. The summed E-state index contributed by atoms with van der Waals surface area (Å²) < 4.78 is 9.92. The normalized spacial score (nSPS) is 21.6. The third-order valence-corrected chi connectivity index (χ3v) is 1.77. The second-order valence-electron chi connectivity index (χ2n) is 2.93. The zero-order chi connectivity index (χ0) is 10.7. The van der Waals surface area contributed by atoms with Crippen molar-refractivity contribution in [2.75, 3.05) is 0 Å². The van der Waals surface area contributed by atoms with Crippen LogP contribution in [0.25, 0.3) is 0 Å². The van der Waals surface area contributed by atoms with Gasteiger partial charge >= 0.3 is 5.97 Å². The number of Topliss-reactive ketones (excluding diaryl/α,β-unsaturated/α-hetero) is 1. The van der Waals surface area contributed by atoms with Crippen molar-refractivity contribution in [3.63, 3.8) is 0 Å². The second-order valence-corrected chi connectivity index (χ2v) is 2.93. The summed E-state index contributed by atoms with van der Waals surface area (Å²) in [6.45, 7) is 4.90. The predicted molar refractivity (Wildman–Crippen MR) is 49.2 cm³/mol. The lowest BCUT2D eigenvalue weighted by Crippen LogP contribution is -2.16. The molecule has 1 heterocycles. The molecule has 0 radical (unpaired) electrons. The summed E-state index contributed by atoms with van der Waals surface area (Å²) in [7, 11) is 0. The molecule has 0 aromatic heterocycles. The summed E-state index contributed by atoms with van der Waals surface area (Å²) in [5.41, 5.74) is 0. The highest BCUT2D eigenvalue weighted by Gasteiger charge is 2.32. The van der Waals surface area contributed by atoms with Crippen molar-refractivity contribution in [3.8, 4) is 0 Å². The van der Waals surface area contributed by atoms with Crippen LogP contribution in [-0.2, 0) is 19.1 Å². The molecule has 0 aliphatic carbocycles. The summed E-state index contributed by atoms with van der Waals surface area (Å²) in [6, 6.07) is 0. The van der Waals surface area contributed by atoms with Crippen molar-refractivity contribution in [2.45, 2.75) is 26.9 Å². The maximum Gasteiger partial charge on any atom is 0.336 e. The number of rotatable bonds is 2. The zero-order valence-corrected chi connectivity index (χ0v) is 8.37. The van der Waals surface area contributed by atoms with Gasteiger partial charge in [-0.25, -0.2) is 4.79 Å². The van der Waals surface area contributed by atoms with E-state index in [0.29, 0.717) is 5.76 Å². The predicted octanol–water partition coefficient (Wildman–Crippen LogP) is 1.32. The first-order chi connectivity index (χ1) is 6.56. The van der Waals surface area contributed by atoms with Crippen LogP contribution in [0.5, 0.6) is 0 Å². The van der Waals surface area contributed by atoms with Crippen LogP contribution in [0.4, 0.5) is 0 Å². The van der Waals surface area contributed by atoms with E-state index in [1.54, 1.807) is 26.8 Å². The summed E-state index contributed by atoms with van der Waals surface area (Å²) >= 11 is 0.